The number of furan rings is 1. The highest BCUT2D eigenvalue weighted by Gasteiger charge is 2.18. The third-order valence-electron chi connectivity index (χ3n) is 8.97. The van der Waals surface area contributed by atoms with Crippen LogP contribution in [0.4, 0.5) is 0 Å². The van der Waals surface area contributed by atoms with Crippen LogP contribution in [0, 0.1) is 11.3 Å². The highest BCUT2D eigenvalue weighted by molar-refractivity contribution is 6.20. The van der Waals surface area contributed by atoms with Crippen LogP contribution >= 0.6 is 0 Å². The molecule has 0 amide bonds. The van der Waals surface area contributed by atoms with Gasteiger partial charge in [-0.25, -0.2) is 15.0 Å². The van der Waals surface area contributed by atoms with Crippen molar-refractivity contribution >= 4 is 32.7 Å². The number of hydrogen-bond acceptors (Lipinski definition) is 5. The van der Waals surface area contributed by atoms with Crippen LogP contribution in [-0.4, -0.2) is 15.0 Å². The number of benzene rings is 7. The molecular weight excluding hydrogens is 601 g/mol. The van der Waals surface area contributed by atoms with Crippen molar-refractivity contribution in [2.75, 3.05) is 0 Å². The fraction of sp³-hybridized carbons (Fsp3) is 0. The largest absolute Gasteiger partial charge is 0.455 e. The van der Waals surface area contributed by atoms with Crippen molar-refractivity contribution in [2.24, 2.45) is 0 Å². The van der Waals surface area contributed by atoms with Crippen molar-refractivity contribution < 1.29 is 4.42 Å². The van der Waals surface area contributed by atoms with Crippen LogP contribution in [0.2, 0.25) is 0 Å². The lowest BCUT2D eigenvalue weighted by Crippen LogP contribution is -2.00. The number of fused-ring (bicyclic) bond motifs is 5. The van der Waals surface area contributed by atoms with Crippen LogP contribution in [0.15, 0.2) is 162 Å². The van der Waals surface area contributed by atoms with E-state index in [-0.39, 0.29) is 0 Å². The van der Waals surface area contributed by atoms with Gasteiger partial charge < -0.3 is 4.42 Å². The Morgan fingerprint density at radius 1 is 0.429 bits per heavy atom. The Hall–Kier alpha value is -6.90. The second kappa shape index (κ2) is 11.7. The average Bonchev–Trinajstić information content (AvgIpc) is 3.57. The lowest BCUT2D eigenvalue weighted by Gasteiger charge is -2.10. The van der Waals surface area contributed by atoms with E-state index in [9.17, 15) is 5.26 Å². The molecule has 5 nitrogen and oxygen atoms in total. The zero-order valence-electron chi connectivity index (χ0n) is 26.2. The van der Waals surface area contributed by atoms with Gasteiger partial charge in [-0.2, -0.15) is 5.26 Å². The maximum absolute atomic E-state index is 9.99. The quantitative estimate of drug-likeness (QED) is 0.190. The van der Waals surface area contributed by atoms with Gasteiger partial charge in [0.2, 0.25) is 0 Å². The molecule has 0 bridgehead atoms. The van der Waals surface area contributed by atoms with Crippen molar-refractivity contribution in [1.29, 1.82) is 5.26 Å². The Balaban J connectivity index is 1.12. The smallest absolute Gasteiger partial charge is 0.164 e. The first-order chi connectivity index (χ1) is 24.2. The summed E-state index contributed by atoms with van der Waals surface area (Å²) in [6.07, 6.45) is 0. The third kappa shape index (κ3) is 5.00. The van der Waals surface area contributed by atoms with E-state index in [2.05, 4.69) is 60.7 Å². The molecular formula is C44H26N4O. The Labute approximate surface area is 282 Å². The molecule has 0 aliphatic rings. The molecule has 0 aliphatic carbocycles. The summed E-state index contributed by atoms with van der Waals surface area (Å²) in [7, 11) is 0. The SMILES string of the molecule is N#Cc1cc2c(oc3cccc(-c4cccc(-c5ccc(-c6nc(-c7ccccc7)nc(-c7ccccc7)n6)cc5)c4)c32)c2ccccc12. The average molecular weight is 627 g/mol. The van der Waals surface area contributed by atoms with Gasteiger partial charge in [-0.05, 0) is 40.5 Å². The summed E-state index contributed by atoms with van der Waals surface area (Å²) in [4.78, 5) is 14.6. The fourth-order valence-corrected chi connectivity index (χ4v) is 6.60. The van der Waals surface area contributed by atoms with E-state index < -0.39 is 0 Å². The van der Waals surface area contributed by atoms with Crippen molar-refractivity contribution in [1.82, 2.24) is 15.0 Å². The van der Waals surface area contributed by atoms with Gasteiger partial charge in [0.1, 0.15) is 11.2 Å². The van der Waals surface area contributed by atoms with E-state index in [1.54, 1.807) is 0 Å². The van der Waals surface area contributed by atoms with E-state index in [4.69, 9.17) is 19.4 Å². The van der Waals surface area contributed by atoms with Crippen LogP contribution in [0.5, 0.6) is 0 Å². The molecule has 5 heteroatoms. The van der Waals surface area contributed by atoms with E-state index in [1.807, 2.05) is 103 Å². The van der Waals surface area contributed by atoms with Crippen LogP contribution < -0.4 is 0 Å². The van der Waals surface area contributed by atoms with E-state index in [1.165, 1.54) is 0 Å². The molecule has 0 atom stereocenters. The Bertz CT molecular complexity index is 2650. The molecule has 2 aromatic heterocycles. The summed E-state index contributed by atoms with van der Waals surface area (Å²) < 4.78 is 6.44. The molecule has 0 spiro atoms. The summed E-state index contributed by atoms with van der Waals surface area (Å²) in [5.74, 6) is 1.89. The zero-order valence-corrected chi connectivity index (χ0v) is 26.2. The molecule has 228 valence electrons. The van der Waals surface area contributed by atoms with Gasteiger partial charge in [0, 0.05) is 38.2 Å². The Morgan fingerprint density at radius 2 is 0.959 bits per heavy atom. The maximum Gasteiger partial charge on any atom is 0.164 e. The van der Waals surface area contributed by atoms with Crippen LogP contribution in [0.25, 0.3) is 89.1 Å². The number of hydrogen-bond donors (Lipinski definition) is 0. The van der Waals surface area contributed by atoms with Crippen molar-refractivity contribution in [2.45, 2.75) is 0 Å². The number of nitriles is 1. The molecule has 49 heavy (non-hydrogen) atoms. The van der Waals surface area contributed by atoms with E-state index in [0.29, 0.717) is 23.0 Å². The second-order valence-corrected chi connectivity index (χ2v) is 11.9. The lowest BCUT2D eigenvalue weighted by molar-refractivity contribution is 0.672. The summed E-state index contributed by atoms with van der Waals surface area (Å²) in [5, 5.41) is 13.8. The predicted molar refractivity (Wildman–Crippen MR) is 197 cm³/mol. The summed E-state index contributed by atoms with van der Waals surface area (Å²) >= 11 is 0. The molecule has 9 rings (SSSR count). The third-order valence-corrected chi connectivity index (χ3v) is 8.97. The van der Waals surface area contributed by atoms with Crippen LogP contribution in [0.3, 0.4) is 0 Å². The van der Waals surface area contributed by atoms with Gasteiger partial charge in [0.25, 0.3) is 0 Å². The highest BCUT2D eigenvalue weighted by atomic mass is 16.3. The van der Waals surface area contributed by atoms with Gasteiger partial charge >= 0.3 is 0 Å². The first-order valence-electron chi connectivity index (χ1n) is 16.1. The molecule has 0 fully saturated rings. The van der Waals surface area contributed by atoms with Crippen LogP contribution in [-0.2, 0) is 0 Å². The minimum absolute atomic E-state index is 0.621. The number of aromatic nitrogens is 3. The molecule has 2 heterocycles. The molecule has 0 unspecified atom stereocenters. The van der Waals surface area contributed by atoms with Crippen molar-refractivity contribution in [3.05, 3.63) is 163 Å². The summed E-state index contributed by atoms with van der Waals surface area (Å²) in [5.41, 5.74) is 9.31. The zero-order chi connectivity index (χ0) is 32.7. The molecule has 0 aliphatic heterocycles. The standard InChI is InChI=1S/C44H26N4O/c45-27-34-26-38-40-36(19-10-20-39(40)49-41(38)37-18-8-7-17-35(34)37)33-16-9-15-32(25-33)28-21-23-31(24-22-28)44-47-42(29-11-3-1-4-12-29)46-43(48-44)30-13-5-2-6-14-30/h1-26H. The van der Waals surface area contributed by atoms with Gasteiger partial charge in [-0.15, -0.1) is 0 Å². The molecule has 9 aromatic rings. The number of nitrogens with zero attached hydrogens (tertiary/aromatic N) is 4. The number of rotatable bonds is 5. The first-order valence-corrected chi connectivity index (χ1v) is 16.1. The summed E-state index contributed by atoms with van der Waals surface area (Å²) in [6, 6.07) is 55.3. The molecule has 0 radical (unpaired) electrons. The van der Waals surface area contributed by atoms with Crippen molar-refractivity contribution in [3.63, 3.8) is 0 Å². The topological polar surface area (TPSA) is 75.6 Å². The molecule has 0 saturated heterocycles. The molecule has 7 aromatic carbocycles. The lowest BCUT2D eigenvalue weighted by atomic mass is 9.94. The minimum atomic E-state index is 0.621. The normalized spacial score (nSPS) is 11.2. The Morgan fingerprint density at radius 3 is 1.61 bits per heavy atom. The highest BCUT2D eigenvalue weighted by Crippen LogP contribution is 2.41. The molecule has 0 saturated carbocycles. The molecule has 0 N–H and O–H groups in total. The van der Waals surface area contributed by atoms with Gasteiger partial charge in [0.05, 0.1) is 11.6 Å². The Kier molecular flexibility index (Phi) is 6.78. The summed E-state index contributed by atoms with van der Waals surface area (Å²) in [6.45, 7) is 0. The van der Waals surface area contributed by atoms with E-state index >= 15 is 0 Å². The van der Waals surface area contributed by atoms with Gasteiger partial charge in [-0.1, -0.05) is 140 Å². The maximum atomic E-state index is 9.99. The van der Waals surface area contributed by atoms with Crippen molar-refractivity contribution in [3.8, 4) is 62.5 Å². The van der Waals surface area contributed by atoms with Gasteiger partial charge in [-0.3, -0.25) is 0 Å². The fourth-order valence-electron chi connectivity index (χ4n) is 6.60. The van der Waals surface area contributed by atoms with Gasteiger partial charge in [0.15, 0.2) is 17.5 Å². The monoisotopic (exact) mass is 626 g/mol. The van der Waals surface area contributed by atoms with Crippen LogP contribution in [0.1, 0.15) is 5.56 Å². The second-order valence-electron chi connectivity index (χ2n) is 11.9. The predicted octanol–water partition coefficient (Wildman–Crippen LogP) is 11.1. The first kappa shape index (κ1) is 28.3. The minimum Gasteiger partial charge on any atom is -0.455 e. The van der Waals surface area contributed by atoms with E-state index in [0.717, 1.165) is 71.7 Å².